The largest absolute Gasteiger partial charge is 0.791 e. The normalized spacial score (nSPS) is 11.2. The first-order chi connectivity index (χ1) is 10.2. The minimum absolute atomic E-state index is 0.108. The van der Waals surface area contributed by atoms with E-state index in [1.165, 1.54) is 0 Å². The molecule has 23 heavy (non-hydrogen) atoms. The van der Waals surface area contributed by atoms with Gasteiger partial charge >= 0.3 is 77.8 Å². The molecule has 0 aromatic rings. The van der Waals surface area contributed by atoms with Crippen molar-refractivity contribution in [2.75, 3.05) is 52.8 Å². The topological polar surface area (TPSA) is 31.2 Å². The third kappa shape index (κ3) is 45.1. The fourth-order valence-electron chi connectivity index (χ4n) is 0.631. The minimum atomic E-state index is -0.473. The molecule has 0 saturated carbocycles. The second-order valence-corrected chi connectivity index (χ2v) is 9.74. The Hall–Kier alpha value is 0.908. The Bertz CT molecular complexity index is 287. The Morgan fingerprint density at radius 2 is 0.957 bits per heavy atom. The summed E-state index contributed by atoms with van der Waals surface area (Å²) in [6.07, 6.45) is 0. The van der Waals surface area contributed by atoms with E-state index < -0.39 is 18.2 Å². The molecule has 7 heteroatoms. The van der Waals surface area contributed by atoms with Crippen molar-refractivity contribution in [3.05, 3.63) is 0 Å². The molecular formula is C16H38MoN4S2-2. The van der Waals surface area contributed by atoms with Crippen LogP contribution in [0.5, 0.6) is 0 Å². The Morgan fingerprint density at radius 3 is 1.04 bits per heavy atom. The van der Waals surface area contributed by atoms with E-state index in [2.05, 4.69) is 83.6 Å². The van der Waals surface area contributed by atoms with Crippen molar-refractivity contribution in [2.45, 2.75) is 52.6 Å². The first-order valence-electron chi connectivity index (χ1n) is 7.81. The molecule has 0 N–H and O–H groups in total. The van der Waals surface area contributed by atoms with Crippen LogP contribution in [0, 0.1) is 0 Å². The quantitative estimate of drug-likeness (QED) is 0.490. The SMILES string of the molecule is CC(C)(C)[N]=[Mo]=[N]C(C)(C)C.CN(C)CC[S-].CN(C)CC[S-]. The average molecular weight is 447 g/mol. The molecule has 0 saturated heterocycles. The maximum absolute atomic E-state index is 4.69. The van der Waals surface area contributed by atoms with E-state index in [4.69, 9.17) is 0 Å². The van der Waals surface area contributed by atoms with Gasteiger partial charge in [-0.2, -0.15) is 11.5 Å². The van der Waals surface area contributed by atoms with Gasteiger partial charge in [0.1, 0.15) is 0 Å². The molecule has 0 atom stereocenters. The Balaban J connectivity index is -0.000000284. The van der Waals surface area contributed by atoms with Crippen LogP contribution in [0.3, 0.4) is 0 Å². The molecule has 0 radical (unpaired) electrons. The predicted octanol–water partition coefficient (Wildman–Crippen LogP) is 3.22. The van der Waals surface area contributed by atoms with Crippen molar-refractivity contribution in [2.24, 2.45) is 6.99 Å². The molecule has 0 unspecified atom stereocenters. The summed E-state index contributed by atoms with van der Waals surface area (Å²) in [5, 5.41) is 0. The third-order valence-corrected chi connectivity index (χ3v) is 5.17. The van der Waals surface area contributed by atoms with E-state index in [-0.39, 0.29) is 11.1 Å². The molecule has 0 amide bonds. The second kappa shape index (κ2) is 16.4. The fraction of sp³-hybridized carbons (Fsp3) is 1.00. The van der Waals surface area contributed by atoms with E-state index in [0.717, 1.165) is 24.6 Å². The summed E-state index contributed by atoms with van der Waals surface area (Å²) in [6, 6.07) is 0. The van der Waals surface area contributed by atoms with Gasteiger partial charge in [-0.05, 0) is 41.3 Å². The standard InChI is InChI=1S/2C4H11NS.2C4H9N.Mo/c2*1-5(2)3-4-6;2*1-4(2,3)5;/h2*6H,3-4H2,1-2H3;2*1-3H3;/p-2. The van der Waals surface area contributed by atoms with Gasteiger partial charge in [0.2, 0.25) is 0 Å². The van der Waals surface area contributed by atoms with Crippen molar-refractivity contribution >= 4 is 25.3 Å². The first kappa shape index (κ1) is 28.7. The van der Waals surface area contributed by atoms with E-state index in [0.29, 0.717) is 0 Å². The average Bonchev–Trinajstić information content (AvgIpc) is 2.26. The zero-order valence-corrected chi connectivity index (χ0v) is 20.5. The van der Waals surface area contributed by atoms with Gasteiger partial charge in [-0.25, -0.2) is 0 Å². The predicted molar refractivity (Wildman–Crippen MR) is 106 cm³/mol. The van der Waals surface area contributed by atoms with Crippen LogP contribution in [0.1, 0.15) is 41.5 Å². The maximum atomic E-state index is 4.69. The van der Waals surface area contributed by atoms with Gasteiger partial charge in [-0.1, -0.05) is 0 Å². The van der Waals surface area contributed by atoms with Gasteiger partial charge in [-0.3, -0.25) is 0 Å². The van der Waals surface area contributed by atoms with Gasteiger partial charge in [-0.15, -0.1) is 0 Å². The number of rotatable bonds is 4. The summed E-state index contributed by atoms with van der Waals surface area (Å²) in [6.45, 7) is 14.8. The van der Waals surface area contributed by atoms with Crippen molar-refractivity contribution in [3.8, 4) is 0 Å². The molecular weight excluding hydrogens is 408 g/mol. The molecule has 0 aromatic heterocycles. The van der Waals surface area contributed by atoms with Crippen LogP contribution in [-0.2, 0) is 43.5 Å². The van der Waals surface area contributed by atoms with Gasteiger partial charge in [0, 0.05) is 0 Å². The molecule has 0 rings (SSSR count). The van der Waals surface area contributed by atoms with Crippen molar-refractivity contribution in [3.63, 3.8) is 0 Å². The molecule has 0 spiro atoms. The zero-order valence-electron chi connectivity index (χ0n) is 16.8. The minimum Gasteiger partial charge on any atom is -0.791 e. The summed E-state index contributed by atoms with van der Waals surface area (Å²) >= 11 is 8.90. The Morgan fingerprint density at radius 1 is 0.696 bits per heavy atom. The van der Waals surface area contributed by atoms with Crippen LogP contribution >= 0.6 is 0 Å². The van der Waals surface area contributed by atoms with Crippen LogP contribution in [-0.4, -0.2) is 73.7 Å². The zero-order chi connectivity index (χ0) is 19.1. The van der Waals surface area contributed by atoms with Gasteiger partial charge in [0.05, 0.1) is 0 Å². The van der Waals surface area contributed by atoms with Gasteiger partial charge in [0.15, 0.2) is 0 Å². The maximum Gasteiger partial charge on any atom is -0.0138 e. The van der Waals surface area contributed by atoms with Crippen molar-refractivity contribution < 1.29 is 18.2 Å². The summed E-state index contributed by atoms with van der Waals surface area (Å²) in [5.41, 5.74) is 0.216. The smallest absolute Gasteiger partial charge is 0.0138 e. The second-order valence-electron chi connectivity index (χ2n) is 7.62. The summed E-state index contributed by atoms with van der Waals surface area (Å²) < 4.78 is 9.01. The molecule has 0 aliphatic rings. The van der Waals surface area contributed by atoms with Crippen LogP contribution in [0.4, 0.5) is 0 Å². The molecule has 0 fully saturated rings. The Kier molecular flexibility index (Phi) is 20.4. The number of hydrogen-bond acceptors (Lipinski definition) is 6. The monoisotopic (exact) mass is 448 g/mol. The van der Waals surface area contributed by atoms with Crippen molar-refractivity contribution in [1.29, 1.82) is 0 Å². The summed E-state index contributed by atoms with van der Waals surface area (Å²) in [4.78, 5) is 4.15. The van der Waals surface area contributed by atoms with E-state index in [1.54, 1.807) is 0 Å². The molecule has 0 heterocycles. The molecule has 4 nitrogen and oxygen atoms in total. The molecule has 0 aliphatic heterocycles. The van der Waals surface area contributed by atoms with E-state index in [9.17, 15) is 0 Å². The van der Waals surface area contributed by atoms with Crippen LogP contribution in [0.25, 0.3) is 0 Å². The number of nitrogens with zero attached hydrogens (tertiary/aromatic N) is 4. The van der Waals surface area contributed by atoms with Crippen LogP contribution < -0.4 is 0 Å². The van der Waals surface area contributed by atoms with Gasteiger partial charge < -0.3 is 35.1 Å². The van der Waals surface area contributed by atoms with Crippen LogP contribution in [0.15, 0.2) is 6.99 Å². The molecule has 0 aromatic carbocycles. The summed E-state index contributed by atoms with van der Waals surface area (Å²) in [7, 11) is 8.08. The van der Waals surface area contributed by atoms with E-state index in [1.807, 2.05) is 28.2 Å². The Labute approximate surface area is 165 Å². The fourth-order valence-corrected chi connectivity index (χ4v) is 2.67. The third-order valence-electron chi connectivity index (χ3n) is 1.71. The first-order valence-corrected chi connectivity index (χ1v) is 10.8. The summed E-state index contributed by atoms with van der Waals surface area (Å²) in [5.74, 6) is 1.68. The van der Waals surface area contributed by atoms with Crippen molar-refractivity contribution in [1.82, 2.24) is 9.80 Å². The molecule has 142 valence electrons. The van der Waals surface area contributed by atoms with Gasteiger partial charge in [0.25, 0.3) is 0 Å². The van der Waals surface area contributed by atoms with E-state index >= 15 is 0 Å². The number of hydrogen-bond donors (Lipinski definition) is 0. The molecule has 0 aliphatic carbocycles. The van der Waals surface area contributed by atoms with Crippen LogP contribution in [0.2, 0.25) is 0 Å². The molecule has 0 bridgehead atoms.